The first kappa shape index (κ1) is 16.7. The quantitative estimate of drug-likeness (QED) is 0.853. The summed E-state index contributed by atoms with van der Waals surface area (Å²) in [6.07, 6.45) is 3.24. The average Bonchev–Trinajstić information content (AvgIpc) is 2.55. The fraction of sp³-hybridized carbons (Fsp3) is 0.278. The van der Waals surface area contributed by atoms with Crippen LogP contribution in [0.5, 0.6) is 0 Å². The van der Waals surface area contributed by atoms with Gasteiger partial charge in [-0.15, -0.1) is 0 Å². The number of rotatable bonds is 7. The van der Waals surface area contributed by atoms with Crippen LogP contribution in [0.25, 0.3) is 0 Å². The molecule has 0 atom stereocenters. The molecule has 2 aromatic rings. The Hall–Kier alpha value is -2.69. The summed E-state index contributed by atoms with van der Waals surface area (Å²) >= 11 is 0. The highest BCUT2D eigenvalue weighted by Gasteiger charge is 2.16. The highest BCUT2D eigenvalue weighted by atomic mass is 16.4. The smallest absolute Gasteiger partial charge is 0.303 e. The number of carbonyl (C=O) groups is 2. The van der Waals surface area contributed by atoms with Crippen molar-refractivity contribution in [2.75, 3.05) is 0 Å². The van der Waals surface area contributed by atoms with Crippen LogP contribution in [-0.4, -0.2) is 26.9 Å². The molecule has 5 heteroatoms. The lowest BCUT2D eigenvalue weighted by molar-refractivity contribution is -0.141. The fourth-order valence-electron chi connectivity index (χ4n) is 2.31. The zero-order chi connectivity index (χ0) is 16.7. The first-order valence-corrected chi connectivity index (χ1v) is 7.49. The Morgan fingerprint density at radius 3 is 2.52 bits per heavy atom. The maximum Gasteiger partial charge on any atom is 0.303 e. The Bertz CT molecular complexity index is 671. The number of pyridine rings is 1. The third-order valence-electron chi connectivity index (χ3n) is 3.62. The largest absolute Gasteiger partial charge is 0.481 e. The first-order chi connectivity index (χ1) is 11.1. The third kappa shape index (κ3) is 5.21. The summed E-state index contributed by atoms with van der Waals surface area (Å²) < 4.78 is 0. The van der Waals surface area contributed by atoms with Crippen molar-refractivity contribution in [3.8, 4) is 0 Å². The number of hydrogen-bond acceptors (Lipinski definition) is 3. The molecule has 0 radical (unpaired) electrons. The number of carboxylic acids is 1. The van der Waals surface area contributed by atoms with Gasteiger partial charge in [-0.1, -0.05) is 30.3 Å². The molecule has 1 aromatic carbocycles. The van der Waals surface area contributed by atoms with Crippen LogP contribution in [0, 0.1) is 6.92 Å². The van der Waals surface area contributed by atoms with Crippen molar-refractivity contribution in [2.24, 2.45) is 0 Å². The Labute approximate surface area is 135 Å². The molecule has 1 aromatic heterocycles. The lowest BCUT2D eigenvalue weighted by Gasteiger charge is -2.23. The normalized spacial score (nSPS) is 10.3. The maximum atomic E-state index is 12.4. The Balaban J connectivity index is 2.15. The molecule has 2 rings (SSSR count). The van der Waals surface area contributed by atoms with Gasteiger partial charge in [0.15, 0.2) is 0 Å². The highest BCUT2D eigenvalue weighted by Crippen LogP contribution is 2.14. The molecule has 0 saturated carbocycles. The van der Waals surface area contributed by atoms with Crippen LogP contribution in [0.15, 0.2) is 48.8 Å². The third-order valence-corrected chi connectivity index (χ3v) is 3.62. The summed E-state index contributed by atoms with van der Waals surface area (Å²) in [6.45, 7) is 2.87. The highest BCUT2D eigenvalue weighted by molar-refractivity contribution is 5.80. The second kappa shape index (κ2) is 8.08. The van der Waals surface area contributed by atoms with Gasteiger partial charge in [-0.2, -0.15) is 0 Å². The predicted octanol–water partition coefficient (Wildman–Crippen LogP) is 2.78. The van der Waals surface area contributed by atoms with Crippen molar-refractivity contribution in [2.45, 2.75) is 32.9 Å². The van der Waals surface area contributed by atoms with Crippen LogP contribution in [0.3, 0.4) is 0 Å². The SMILES string of the molecule is Cc1ccccc1CN(Cc1cccnc1)C(=O)CCC(=O)O. The van der Waals surface area contributed by atoms with Gasteiger partial charge in [-0.05, 0) is 29.7 Å². The minimum atomic E-state index is -0.962. The topological polar surface area (TPSA) is 70.5 Å². The minimum Gasteiger partial charge on any atom is -0.481 e. The summed E-state index contributed by atoms with van der Waals surface area (Å²) in [6, 6.07) is 11.6. The number of aliphatic carboxylic acids is 1. The molecule has 0 aliphatic carbocycles. The van der Waals surface area contributed by atoms with Gasteiger partial charge in [0.25, 0.3) is 0 Å². The molecule has 120 valence electrons. The van der Waals surface area contributed by atoms with Gasteiger partial charge in [0.1, 0.15) is 0 Å². The van der Waals surface area contributed by atoms with Crippen molar-refractivity contribution in [1.29, 1.82) is 0 Å². The molecule has 0 unspecified atom stereocenters. The summed E-state index contributed by atoms with van der Waals surface area (Å²) in [4.78, 5) is 28.9. The Morgan fingerprint density at radius 1 is 1.09 bits per heavy atom. The van der Waals surface area contributed by atoms with Crippen molar-refractivity contribution < 1.29 is 14.7 Å². The van der Waals surface area contributed by atoms with Crippen molar-refractivity contribution in [1.82, 2.24) is 9.88 Å². The van der Waals surface area contributed by atoms with E-state index in [1.165, 1.54) is 0 Å². The van der Waals surface area contributed by atoms with E-state index >= 15 is 0 Å². The van der Waals surface area contributed by atoms with Crippen LogP contribution < -0.4 is 0 Å². The Morgan fingerprint density at radius 2 is 1.87 bits per heavy atom. The zero-order valence-corrected chi connectivity index (χ0v) is 13.1. The summed E-state index contributed by atoms with van der Waals surface area (Å²) in [5.41, 5.74) is 3.08. The number of aromatic nitrogens is 1. The van der Waals surface area contributed by atoms with Gasteiger partial charge in [-0.25, -0.2) is 0 Å². The number of carboxylic acid groups (broad SMARTS) is 1. The van der Waals surface area contributed by atoms with Gasteiger partial charge in [-0.3, -0.25) is 14.6 Å². The van der Waals surface area contributed by atoms with Gasteiger partial charge in [0.05, 0.1) is 6.42 Å². The summed E-state index contributed by atoms with van der Waals surface area (Å²) in [5, 5.41) is 8.79. The molecule has 23 heavy (non-hydrogen) atoms. The second-order valence-electron chi connectivity index (χ2n) is 5.43. The monoisotopic (exact) mass is 312 g/mol. The van der Waals surface area contributed by atoms with Gasteiger partial charge in [0, 0.05) is 31.9 Å². The lowest BCUT2D eigenvalue weighted by atomic mass is 10.1. The number of carbonyl (C=O) groups excluding carboxylic acids is 1. The number of benzene rings is 1. The second-order valence-corrected chi connectivity index (χ2v) is 5.43. The van der Waals surface area contributed by atoms with Gasteiger partial charge in [0.2, 0.25) is 5.91 Å². The standard InChI is InChI=1S/C18H20N2O3/c1-14-5-2-3-7-16(14)13-20(17(21)8-9-18(22)23)12-15-6-4-10-19-11-15/h2-7,10-11H,8-9,12-13H2,1H3,(H,22,23). The molecule has 1 heterocycles. The van der Waals surface area contributed by atoms with E-state index in [1.807, 2.05) is 43.3 Å². The van der Waals surface area contributed by atoms with Crippen LogP contribution in [0.4, 0.5) is 0 Å². The molecule has 0 bridgehead atoms. The van der Waals surface area contributed by atoms with E-state index < -0.39 is 5.97 Å². The predicted molar refractivity (Wildman–Crippen MR) is 86.5 cm³/mol. The van der Waals surface area contributed by atoms with Gasteiger partial charge >= 0.3 is 5.97 Å². The van der Waals surface area contributed by atoms with Crippen LogP contribution >= 0.6 is 0 Å². The summed E-state index contributed by atoms with van der Waals surface area (Å²) in [5.74, 6) is -1.13. The lowest BCUT2D eigenvalue weighted by Crippen LogP contribution is -2.30. The van der Waals surface area contributed by atoms with Crippen LogP contribution in [0.2, 0.25) is 0 Å². The minimum absolute atomic E-state index is 0.00146. The zero-order valence-electron chi connectivity index (χ0n) is 13.1. The maximum absolute atomic E-state index is 12.4. The molecule has 0 fully saturated rings. The number of hydrogen-bond donors (Lipinski definition) is 1. The molecular formula is C18H20N2O3. The number of aryl methyl sites for hydroxylation is 1. The van der Waals surface area contributed by atoms with E-state index in [2.05, 4.69) is 4.98 Å². The van der Waals surface area contributed by atoms with E-state index in [4.69, 9.17) is 5.11 Å². The number of nitrogens with zero attached hydrogens (tertiary/aromatic N) is 2. The average molecular weight is 312 g/mol. The van der Waals surface area contributed by atoms with E-state index in [0.29, 0.717) is 13.1 Å². The molecule has 0 aliphatic heterocycles. The molecule has 0 aliphatic rings. The molecule has 0 saturated heterocycles. The molecule has 5 nitrogen and oxygen atoms in total. The van der Waals surface area contributed by atoms with E-state index in [-0.39, 0.29) is 18.7 Å². The van der Waals surface area contributed by atoms with E-state index in [9.17, 15) is 9.59 Å². The molecule has 1 amide bonds. The Kier molecular flexibility index (Phi) is 5.86. The fourth-order valence-corrected chi connectivity index (χ4v) is 2.31. The number of amides is 1. The molecule has 1 N–H and O–H groups in total. The van der Waals surface area contributed by atoms with Crippen molar-refractivity contribution >= 4 is 11.9 Å². The van der Waals surface area contributed by atoms with E-state index in [0.717, 1.165) is 16.7 Å². The van der Waals surface area contributed by atoms with Crippen molar-refractivity contribution in [3.63, 3.8) is 0 Å². The van der Waals surface area contributed by atoms with Crippen LogP contribution in [-0.2, 0) is 22.7 Å². The molecule has 0 spiro atoms. The molecular weight excluding hydrogens is 292 g/mol. The van der Waals surface area contributed by atoms with Crippen molar-refractivity contribution in [3.05, 3.63) is 65.5 Å². The van der Waals surface area contributed by atoms with Gasteiger partial charge < -0.3 is 10.0 Å². The van der Waals surface area contributed by atoms with E-state index in [1.54, 1.807) is 17.3 Å². The summed E-state index contributed by atoms with van der Waals surface area (Å²) in [7, 11) is 0. The first-order valence-electron chi connectivity index (χ1n) is 7.49. The van der Waals surface area contributed by atoms with Crippen LogP contribution in [0.1, 0.15) is 29.5 Å².